The molecule has 0 aliphatic heterocycles. The zero-order chi connectivity index (χ0) is 28.3. The summed E-state index contributed by atoms with van der Waals surface area (Å²) in [5.41, 5.74) is 9.37. The largest absolute Gasteiger partial charge is 0.428 e. The monoisotopic (exact) mass is 501 g/mol. The second-order valence-electron chi connectivity index (χ2n) is 13.8. The van der Waals surface area contributed by atoms with Crippen LogP contribution in [-0.4, -0.2) is 5.71 Å². The Labute approximate surface area is 229 Å². The van der Waals surface area contributed by atoms with Crippen LogP contribution in [0.25, 0.3) is 0 Å². The topological polar surface area (TPSA) is 24.4 Å². The molecule has 0 spiro atoms. The zero-order valence-corrected chi connectivity index (χ0v) is 26.2. The van der Waals surface area contributed by atoms with Gasteiger partial charge >= 0.3 is 0 Å². The number of allylic oxidation sites excluding steroid dienone is 2. The van der Waals surface area contributed by atoms with Crippen LogP contribution in [0.2, 0.25) is 0 Å². The first kappa shape index (κ1) is 30.9. The number of nitrogens with zero attached hydrogens (tertiary/aromatic N) is 1. The van der Waals surface area contributed by atoms with Gasteiger partial charge < -0.3 is 11.4 Å². The molecule has 2 aromatic carbocycles. The highest BCUT2D eigenvalue weighted by Crippen LogP contribution is 2.39. The van der Waals surface area contributed by atoms with E-state index < -0.39 is 0 Å². The number of benzene rings is 2. The number of nitrogens with one attached hydrogen (secondary N) is 1. The number of hydrogen-bond donors (Lipinski definition) is 1. The Bertz CT molecular complexity index is 1060. The fourth-order valence-electron chi connectivity index (χ4n) is 4.48. The third-order valence-electron chi connectivity index (χ3n) is 6.89. The molecular weight excluding hydrogens is 448 g/mol. The second kappa shape index (κ2) is 12.0. The molecule has 204 valence electrons. The molecule has 2 nitrogen and oxygen atoms in total. The molecule has 0 bridgehead atoms. The maximum atomic E-state index is 5.43. The highest BCUT2D eigenvalue weighted by atomic mass is 14.9. The van der Waals surface area contributed by atoms with Crippen LogP contribution in [0, 0.1) is 16.9 Å². The zero-order valence-electron chi connectivity index (χ0n) is 26.2. The van der Waals surface area contributed by atoms with Crippen molar-refractivity contribution in [2.75, 3.05) is 5.32 Å². The molecule has 0 heterocycles. The summed E-state index contributed by atoms with van der Waals surface area (Å²) in [6, 6.07) is 13.3. The van der Waals surface area contributed by atoms with Gasteiger partial charge in [0, 0.05) is 5.69 Å². The number of anilines is 1. The number of hydrogen-bond acceptors (Lipinski definition) is 2. The highest BCUT2D eigenvalue weighted by Gasteiger charge is 2.20. The quantitative estimate of drug-likeness (QED) is 0.282. The smallest absolute Gasteiger partial charge is 0.0667 e. The van der Waals surface area contributed by atoms with Gasteiger partial charge in [-0.1, -0.05) is 133 Å². The summed E-state index contributed by atoms with van der Waals surface area (Å²) in [4.78, 5) is 5.43. The second-order valence-corrected chi connectivity index (χ2v) is 13.8. The maximum Gasteiger partial charge on any atom is 0.0667 e. The van der Waals surface area contributed by atoms with Crippen LogP contribution in [0.5, 0.6) is 0 Å². The molecule has 2 aromatic rings. The summed E-state index contributed by atoms with van der Waals surface area (Å²) < 4.78 is 0. The minimum atomic E-state index is -0.172. The standard InChI is InChI=1S/C35H53N2/c1-22(2)26-17-15-18-27(23(3)4)32(26)36-30(34(9,10)11)21-31(35(12,13)14)37-33-28(24(5)6)19-16-20-29(33)25(7)8/h15-20,22-25,36H,1-14H3/q-1. The van der Waals surface area contributed by atoms with Crippen molar-refractivity contribution in [3.8, 4) is 0 Å². The molecule has 0 atom stereocenters. The summed E-state index contributed by atoms with van der Waals surface area (Å²) in [7, 11) is 0. The van der Waals surface area contributed by atoms with E-state index in [4.69, 9.17) is 4.99 Å². The lowest BCUT2D eigenvalue weighted by Crippen LogP contribution is -2.25. The first-order chi connectivity index (χ1) is 16.9. The van der Waals surface area contributed by atoms with Crippen molar-refractivity contribution < 1.29 is 0 Å². The molecule has 0 amide bonds. The van der Waals surface area contributed by atoms with Crippen LogP contribution in [0.3, 0.4) is 0 Å². The Morgan fingerprint density at radius 2 is 1.00 bits per heavy atom. The molecule has 0 aliphatic rings. The van der Waals surface area contributed by atoms with Crippen LogP contribution >= 0.6 is 0 Å². The number of para-hydroxylation sites is 2. The summed E-state index contributed by atoms with van der Waals surface area (Å²) in [5, 5.41) is 3.91. The minimum absolute atomic E-state index is 0.136. The molecule has 37 heavy (non-hydrogen) atoms. The normalized spacial score (nSPS) is 13.9. The van der Waals surface area contributed by atoms with E-state index in [1.807, 2.05) is 0 Å². The van der Waals surface area contributed by atoms with E-state index in [0.717, 1.165) is 17.1 Å². The van der Waals surface area contributed by atoms with Gasteiger partial charge in [0.25, 0.3) is 0 Å². The molecule has 2 rings (SSSR count). The van der Waals surface area contributed by atoms with E-state index >= 15 is 0 Å². The molecule has 0 saturated carbocycles. The molecule has 0 fully saturated rings. The van der Waals surface area contributed by atoms with Gasteiger partial charge in [0.15, 0.2) is 0 Å². The van der Waals surface area contributed by atoms with E-state index in [0.29, 0.717) is 23.7 Å². The molecule has 0 unspecified atom stereocenters. The highest BCUT2D eigenvalue weighted by molar-refractivity contribution is 5.98. The van der Waals surface area contributed by atoms with Crippen molar-refractivity contribution in [3.63, 3.8) is 0 Å². The third kappa shape index (κ3) is 7.82. The summed E-state index contributed by atoms with van der Waals surface area (Å²) >= 11 is 0. The Kier molecular flexibility index (Phi) is 10.0. The van der Waals surface area contributed by atoms with Gasteiger partial charge in [-0.05, 0) is 56.8 Å². The average Bonchev–Trinajstić information content (AvgIpc) is 2.75. The lowest BCUT2D eigenvalue weighted by Gasteiger charge is -2.39. The van der Waals surface area contributed by atoms with Crippen molar-refractivity contribution in [3.05, 3.63) is 70.4 Å². The summed E-state index contributed by atoms with van der Waals surface area (Å²) in [6.45, 7) is 31.6. The predicted octanol–water partition coefficient (Wildman–Crippen LogP) is 11.1. The first-order valence-corrected chi connectivity index (χ1v) is 14.2. The fraction of sp³-hybridized carbons (Fsp3) is 0.571. The van der Waals surface area contributed by atoms with Crippen LogP contribution in [0.4, 0.5) is 11.4 Å². The minimum Gasteiger partial charge on any atom is -0.428 e. The Morgan fingerprint density at radius 3 is 1.32 bits per heavy atom. The van der Waals surface area contributed by atoms with Crippen molar-refractivity contribution in [1.82, 2.24) is 0 Å². The van der Waals surface area contributed by atoms with Crippen LogP contribution < -0.4 is 5.32 Å². The van der Waals surface area contributed by atoms with E-state index in [-0.39, 0.29) is 10.8 Å². The van der Waals surface area contributed by atoms with Gasteiger partial charge in [-0.3, -0.25) is 4.99 Å². The van der Waals surface area contributed by atoms with Crippen LogP contribution in [0.15, 0.2) is 47.1 Å². The lowest BCUT2D eigenvalue weighted by atomic mass is 9.83. The Hall–Kier alpha value is -2.35. The molecule has 1 N–H and O–H groups in total. The molecule has 0 aromatic heterocycles. The van der Waals surface area contributed by atoms with E-state index in [1.165, 1.54) is 27.9 Å². The van der Waals surface area contributed by atoms with Gasteiger partial charge in [0.1, 0.15) is 0 Å². The summed E-state index contributed by atoms with van der Waals surface area (Å²) in [5.74, 6) is 1.64. The van der Waals surface area contributed by atoms with Gasteiger partial charge in [-0.25, -0.2) is 0 Å². The van der Waals surface area contributed by atoms with Gasteiger partial charge in [0.05, 0.1) is 5.69 Å². The van der Waals surface area contributed by atoms with Crippen LogP contribution in [0.1, 0.15) is 143 Å². The Morgan fingerprint density at radius 1 is 0.622 bits per heavy atom. The molecule has 0 saturated heterocycles. The predicted molar refractivity (Wildman–Crippen MR) is 166 cm³/mol. The summed E-state index contributed by atoms with van der Waals surface area (Å²) in [6.07, 6.45) is 3.85. The number of aliphatic imine (C=N–C) groups is 1. The molecular formula is C35H53N2-. The molecule has 2 heteroatoms. The fourth-order valence-corrected chi connectivity index (χ4v) is 4.48. The maximum absolute atomic E-state index is 5.43. The molecule has 0 radical (unpaired) electrons. The molecule has 0 aliphatic carbocycles. The van der Waals surface area contributed by atoms with Gasteiger partial charge in [-0.15, -0.1) is 5.71 Å². The van der Waals surface area contributed by atoms with Gasteiger partial charge in [-0.2, -0.15) is 5.70 Å². The van der Waals surface area contributed by atoms with Crippen LogP contribution in [-0.2, 0) is 0 Å². The SMILES string of the molecule is CC(C)c1cccc(C(C)C)c1N=C([C-]=C(Nc1c(C(C)C)cccc1C(C)C)C(C)(C)C)C(C)(C)C. The van der Waals surface area contributed by atoms with Crippen molar-refractivity contribution in [1.29, 1.82) is 0 Å². The van der Waals surface area contributed by atoms with E-state index in [9.17, 15) is 0 Å². The van der Waals surface area contributed by atoms with Crippen molar-refractivity contribution in [2.24, 2.45) is 15.8 Å². The Balaban J connectivity index is 2.86. The third-order valence-corrected chi connectivity index (χ3v) is 6.89. The van der Waals surface area contributed by atoms with Crippen molar-refractivity contribution in [2.45, 2.75) is 121 Å². The first-order valence-electron chi connectivity index (χ1n) is 14.2. The van der Waals surface area contributed by atoms with E-state index in [1.54, 1.807) is 0 Å². The lowest BCUT2D eigenvalue weighted by molar-refractivity contribution is 0.504. The van der Waals surface area contributed by atoms with Crippen molar-refractivity contribution >= 4 is 17.1 Å². The van der Waals surface area contributed by atoms with Gasteiger partial charge in [0.2, 0.25) is 0 Å². The van der Waals surface area contributed by atoms with E-state index in [2.05, 4.69) is 145 Å². The number of rotatable bonds is 8. The average molecular weight is 502 g/mol.